The van der Waals surface area contributed by atoms with Crippen LogP contribution < -0.4 is 5.32 Å². The molecule has 0 amide bonds. The molecule has 0 bridgehead atoms. The first-order valence-electron chi connectivity index (χ1n) is 7.18. The smallest absolute Gasteiger partial charge is 0.0104 e. The highest BCUT2D eigenvalue weighted by atomic mass is 32.1. The van der Waals surface area contributed by atoms with Crippen LogP contribution in [0.2, 0.25) is 0 Å². The molecule has 0 aliphatic heterocycles. The monoisotopic (exact) mass is 266 g/mol. The summed E-state index contributed by atoms with van der Waals surface area (Å²) in [5, 5.41) is 5.68. The molecule has 0 saturated heterocycles. The summed E-state index contributed by atoms with van der Waals surface area (Å²) in [6, 6.07) is 5.14. The standard InChI is InChI=1S/C15H26N2S/c1-16-15-8-4-3-6-13(15)12-17(2)10-9-14-7-5-11-18-14/h5,7,11,13,15-16H,3-4,6,8-10,12H2,1-2H3. The maximum Gasteiger partial charge on any atom is 0.0104 e. The van der Waals surface area contributed by atoms with Crippen LogP contribution >= 0.6 is 11.3 Å². The van der Waals surface area contributed by atoms with Gasteiger partial charge in [-0.3, -0.25) is 0 Å². The van der Waals surface area contributed by atoms with Gasteiger partial charge in [0, 0.05) is 24.0 Å². The van der Waals surface area contributed by atoms with E-state index < -0.39 is 0 Å². The Morgan fingerprint density at radius 1 is 1.39 bits per heavy atom. The minimum atomic E-state index is 0.739. The average Bonchev–Trinajstić information content (AvgIpc) is 2.90. The summed E-state index contributed by atoms with van der Waals surface area (Å²) in [7, 11) is 4.39. The molecule has 3 heteroatoms. The van der Waals surface area contributed by atoms with Gasteiger partial charge in [-0.2, -0.15) is 0 Å². The Morgan fingerprint density at radius 2 is 2.22 bits per heavy atom. The van der Waals surface area contributed by atoms with E-state index in [0.717, 1.165) is 12.0 Å². The predicted molar refractivity (Wildman–Crippen MR) is 80.3 cm³/mol. The molecule has 1 aliphatic carbocycles. The van der Waals surface area contributed by atoms with E-state index >= 15 is 0 Å². The number of nitrogens with one attached hydrogen (secondary N) is 1. The van der Waals surface area contributed by atoms with E-state index in [1.807, 2.05) is 11.3 Å². The summed E-state index contributed by atoms with van der Waals surface area (Å²) in [5.74, 6) is 0.845. The lowest BCUT2D eigenvalue weighted by molar-refractivity contribution is 0.196. The molecule has 2 atom stereocenters. The number of likely N-dealkylation sites (N-methyl/N-ethyl adjacent to an activating group) is 1. The van der Waals surface area contributed by atoms with Crippen LogP contribution in [0, 0.1) is 5.92 Å². The van der Waals surface area contributed by atoms with Gasteiger partial charge in [0.05, 0.1) is 0 Å². The first-order chi connectivity index (χ1) is 8.79. The van der Waals surface area contributed by atoms with Crippen LogP contribution in [-0.2, 0) is 6.42 Å². The predicted octanol–water partition coefficient (Wildman–Crippen LogP) is 3.00. The Hall–Kier alpha value is -0.380. The van der Waals surface area contributed by atoms with Gasteiger partial charge in [0.25, 0.3) is 0 Å². The van der Waals surface area contributed by atoms with Gasteiger partial charge in [0.1, 0.15) is 0 Å². The minimum Gasteiger partial charge on any atom is -0.317 e. The van der Waals surface area contributed by atoms with Crippen LogP contribution in [0.1, 0.15) is 30.6 Å². The van der Waals surface area contributed by atoms with E-state index in [-0.39, 0.29) is 0 Å². The molecule has 1 heterocycles. The fourth-order valence-electron chi connectivity index (χ4n) is 3.05. The normalized spacial score (nSPS) is 24.6. The molecule has 1 aliphatic rings. The molecule has 0 spiro atoms. The van der Waals surface area contributed by atoms with Crippen molar-refractivity contribution in [3.8, 4) is 0 Å². The van der Waals surface area contributed by atoms with E-state index in [4.69, 9.17) is 0 Å². The largest absolute Gasteiger partial charge is 0.317 e. The van der Waals surface area contributed by atoms with Crippen molar-refractivity contribution in [1.29, 1.82) is 0 Å². The second-order valence-electron chi connectivity index (χ2n) is 5.53. The number of thiophene rings is 1. The lowest BCUT2D eigenvalue weighted by atomic mass is 9.84. The third-order valence-corrected chi connectivity index (χ3v) is 5.08. The summed E-state index contributed by atoms with van der Waals surface area (Å²) >= 11 is 1.88. The van der Waals surface area contributed by atoms with Gasteiger partial charge in [0.2, 0.25) is 0 Å². The molecule has 1 aromatic rings. The lowest BCUT2D eigenvalue weighted by Crippen LogP contribution is -2.42. The zero-order chi connectivity index (χ0) is 12.8. The van der Waals surface area contributed by atoms with Gasteiger partial charge in [-0.1, -0.05) is 18.9 Å². The number of nitrogens with zero attached hydrogens (tertiary/aromatic N) is 1. The molecule has 2 nitrogen and oxygen atoms in total. The Morgan fingerprint density at radius 3 is 2.94 bits per heavy atom. The molecule has 1 fully saturated rings. The van der Waals surface area contributed by atoms with E-state index in [2.05, 4.69) is 41.8 Å². The van der Waals surface area contributed by atoms with Gasteiger partial charge < -0.3 is 10.2 Å². The minimum absolute atomic E-state index is 0.739. The van der Waals surface area contributed by atoms with Gasteiger partial charge in [-0.15, -0.1) is 11.3 Å². The summed E-state index contributed by atoms with van der Waals surface area (Å²) in [5.41, 5.74) is 0. The van der Waals surface area contributed by atoms with Crippen LogP contribution in [0.5, 0.6) is 0 Å². The van der Waals surface area contributed by atoms with Gasteiger partial charge in [0.15, 0.2) is 0 Å². The topological polar surface area (TPSA) is 15.3 Å². The van der Waals surface area contributed by atoms with Crippen molar-refractivity contribution in [1.82, 2.24) is 10.2 Å². The summed E-state index contributed by atoms with van der Waals surface area (Å²) in [6.07, 6.45) is 6.78. The van der Waals surface area contributed by atoms with Crippen molar-refractivity contribution in [3.63, 3.8) is 0 Å². The van der Waals surface area contributed by atoms with E-state index in [0.29, 0.717) is 0 Å². The molecule has 2 unspecified atom stereocenters. The quantitative estimate of drug-likeness (QED) is 0.851. The van der Waals surface area contributed by atoms with Gasteiger partial charge >= 0.3 is 0 Å². The molecule has 102 valence electrons. The highest BCUT2D eigenvalue weighted by molar-refractivity contribution is 7.09. The van der Waals surface area contributed by atoms with Crippen molar-refractivity contribution >= 4 is 11.3 Å². The van der Waals surface area contributed by atoms with Crippen molar-refractivity contribution in [2.75, 3.05) is 27.2 Å². The number of hydrogen-bond donors (Lipinski definition) is 1. The van der Waals surface area contributed by atoms with Crippen LogP contribution in [0.15, 0.2) is 17.5 Å². The fourth-order valence-corrected chi connectivity index (χ4v) is 3.75. The molecular weight excluding hydrogens is 240 g/mol. The molecule has 0 radical (unpaired) electrons. The second kappa shape index (κ2) is 7.27. The third-order valence-electron chi connectivity index (χ3n) is 4.15. The molecule has 18 heavy (non-hydrogen) atoms. The van der Waals surface area contributed by atoms with Gasteiger partial charge in [-0.05, 0) is 50.7 Å². The summed E-state index contributed by atoms with van der Waals surface area (Å²) < 4.78 is 0. The molecule has 1 N–H and O–H groups in total. The Labute approximate surface area is 115 Å². The van der Waals surface area contributed by atoms with Crippen LogP contribution in [0.25, 0.3) is 0 Å². The Bertz CT molecular complexity index is 323. The highest BCUT2D eigenvalue weighted by Gasteiger charge is 2.24. The fraction of sp³-hybridized carbons (Fsp3) is 0.733. The third kappa shape index (κ3) is 4.08. The van der Waals surface area contributed by atoms with Gasteiger partial charge in [-0.25, -0.2) is 0 Å². The average molecular weight is 266 g/mol. The second-order valence-corrected chi connectivity index (χ2v) is 6.56. The highest BCUT2D eigenvalue weighted by Crippen LogP contribution is 2.24. The molecule has 0 aromatic carbocycles. The van der Waals surface area contributed by atoms with Crippen molar-refractivity contribution in [2.45, 2.75) is 38.1 Å². The molecule has 1 aromatic heterocycles. The Balaban J connectivity index is 1.73. The van der Waals surface area contributed by atoms with E-state index in [1.165, 1.54) is 50.1 Å². The maximum absolute atomic E-state index is 3.50. The number of rotatable bonds is 6. The molecule has 1 saturated carbocycles. The first kappa shape index (κ1) is 14.0. The van der Waals surface area contributed by atoms with Crippen molar-refractivity contribution < 1.29 is 0 Å². The summed E-state index contributed by atoms with van der Waals surface area (Å²) in [4.78, 5) is 4.02. The summed E-state index contributed by atoms with van der Waals surface area (Å²) in [6.45, 7) is 2.43. The Kier molecular flexibility index (Phi) is 5.67. The molecule has 2 rings (SSSR count). The lowest BCUT2D eigenvalue weighted by Gasteiger charge is -2.34. The zero-order valence-corrected chi connectivity index (χ0v) is 12.5. The van der Waals surface area contributed by atoms with E-state index in [9.17, 15) is 0 Å². The first-order valence-corrected chi connectivity index (χ1v) is 8.05. The van der Waals surface area contributed by atoms with Crippen LogP contribution in [0.3, 0.4) is 0 Å². The van der Waals surface area contributed by atoms with E-state index in [1.54, 1.807) is 0 Å². The molecular formula is C15H26N2S. The van der Waals surface area contributed by atoms with Crippen molar-refractivity contribution in [3.05, 3.63) is 22.4 Å². The van der Waals surface area contributed by atoms with Crippen molar-refractivity contribution in [2.24, 2.45) is 5.92 Å². The van der Waals surface area contributed by atoms with Crippen LogP contribution in [0.4, 0.5) is 0 Å². The van der Waals surface area contributed by atoms with Crippen LogP contribution in [-0.4, -0.2) is 38.1 Å². The maximum atomic E-state index is 3.50. The zero-order valence-electron chi connectivity index (χ0n) is 11.7. The number of hydrogen-bond acceptors (Lipinski definition) is 3. The SMILES string of the molecule is CNC1CCCCC1CN(C)CCc1cccs1.